The van der Waals surface area contributed by atoms with Crippen LogP contribution in [0.1, 0.15) is 113 Å². The Morgan fingerprint density at radius 2 is 1.73 bits per heavy atom. The zero-order chi connectivity index (χ0) is 31.6. The lowest BCUT2D eigenvalue weighted by atomic mass is 9.85. The van der Waals surface area contributed by atoms with Gasteiger partial charge in [-0.25, -0.2) is 14.8 Å². The number of aliphatic hydroxyl groups is 1. The van der Waals surface area contributed by atoms with Gasteiger partial charge in [0.25, 0.3) is 0 Å². The Balaban J connectivity index is 1.33. The van der Waals surface area contributed by atoms with E-state index in [1.54, 1.807) is 6.07 Å². The van der Waals surface area contributed by atoms with Crippen LogP contribution in [0.25, 0.3) is 5.65 Å². The van der Waals surface area contributed by atoms with Crippen molar-refractivity contribution in [2.45, 2.75) is 90.2 Å². The molecule has 11 heteroatoms. The molecule has 2 amide bonds. The van der Waals surface area contributed by atoms with Crippen molar-refractivity contribution in [3.63, 3.8) is 0 Å². The molecule has 3 N–H and O–H groups in total. The molecule has 5 rings (SSSR count). The summed E-state index contributed by atoms with van der Waals surface area (Å²) < 4.78 is 8.49. The molecule has 1 aromatic carbocycles. The van der Waals surface area contributed by atoms with E-state index in [0.717, 1.165) is 28.3 Å². The van der Waals surface area contributed by atoms with Crippen LogP contribution in [0.3, 0.4) is 0 Å². The van der Waals surface area contributed by atoms with Gasteiger partial charge in [-0.1, -0.05) is 65.8 Å². The van der Waals surface area contributed by atoms with Gasteiger partial charge in [-0.3, -0.25) is 14.5 Å². The first kappa shape index (κ1) is 31.1. The summed E-state index contributed by atoms with van der Waals surface area (Å²) in [6, 6.07) is 12.8. The van der Waals surface area contributed by atoms with Gasteiger partial charge in [0.2, 0.25) is 0 Å². The fraction of sp³-hybridized carbons (Fsp3) is 0.455. The summed E-state index contributed by atoms with van der Waals surface area (Å²) in [6.45, 7) is 12.1. The predicted molar refractivity (Wildman–Crippen MR) is 167 cm³/mol. The highest BCUT2D eigenvalue weighted by molar-refractivity contribution is 5.94. The number of carbonyl (C=O) groups excluding carboxylic acids is 2. The van der Waals surface area contributed by atoms with Gasteiger partial charge in [0.05, 0.1) is 17.9 Å². The summed E-state index contributed by atoms with van der Waals surface area (Å²) in [5.41, 5.74) is 2.85. The third kappa shape index (κ3) is 6.88. The first-order chi connectivity index (χ1) is 20.8. The summed E-state index contributed by atoms with van der Waals surface area (Å²) in [5.74, 6) is 1.58. The van der Waals surface area contributed by atoms with E-state index in [2.05, 4.69) is 51.6 Å². The minimum atomic E-state index is -0.427. The first-order valence-corrected chi connectivity index (χ1v) is 15.1. The molecule has 2 atom stereocenters. The van der Waals surface area contributed by atoms with Gasteiger partial charge in [-0.15, -0.1) is 10.2 Å². The molecule has 3 heterocycles. The molecule has 0 radical (unpaired) electrons. The number of anilines is 1. The third-order valence-corrected chi connectivity index (χ3v) is 7.61. The number of ether oxygens (including phenoxy) is 1. The Hall–Kier alpha value is -4.38. The number of nitrogens with one attached hydrogen (secondary N) is 2. The molecule has 3 aromatic heterocycles. The van der Waals surface area contributed by atoms with Gasteiger partial charge < -0.3 is 15.2 Å². The second-order valence-corrected chi connectivity index (χ2v) is 13.3. The summed E-state index contributed by atoms with van der Waals surface area (Å²) >= 11 is 0. The number of carbonyl (C=O) groups is 2. The van der Waals surface area contributed by atoms with Gasteiger partial charge >= 0.3 is 6.03 Å². The molecule has 0 fully saturated rings. The van der Waals surface area contributed by atoms with Gasteiger partial charge in [0, 0.05) is 29.9 Å². The van der Waals surface area contributed by atoms with Crippen LogP contribution in [0.15, 0.2) is 48.7 Å². The highest BCUT2D eigenvalue weighted by Gasteiger charge is 2.30. The third-order valence-electron chi connectivity index (χ3n) is 7.61. The van der Waals surface area contributed by atoms with Crippen molar-refractivity contribution in [2.75, 3.05) is 11.9 Å². The number of pyridine rings is 1. The zero-order valence-electron chi connectivity index (χ0n) is 26.2. The monoisotopic (exact) mass is 599 g/mol. The number of rotatable bonds is 8. The lowest BCUT2D eigenvalue weighted by Crippen LogP contribution is -2.36. The number of amides is 2. The van der Waals surface area contributed by atoms with E-state index in [1.807, 2.05) is 67.8 Å². The average Bonchev–Trinajstić information content (AvgIpc) is 3.41. The maximum absolute atomic E-state index is 13.2. The molecule has 0 spiro atoms. The van der Waals surface area contributed by atoms with Crippen LogP contribution in [0, 0.1) is 0 Å². The summed E-state index contributed by atoms with van der Waals surface area (Å²) in [6.07, 6.45) is 3.56. The molecule has 1 aliphatic carbocycles. The molecular weight excluding hydrogens is 558 g/mol. The number of fused-ring (bicyclic) bond motifs is 2. The van der Waals surface area contributed by atoms with Crippen LogP contribution >= 0.6 is 0 Å². The number of ketones is 1. The number of hydrogen-bond acceptors (Lipinski definition) is 8. The highest BCUT2D eigenvalue weighted by Crippen LogP contribution is 2.39. The standard InChI is InChI=1S/C33H41N7O4/c1-32(2,3)26-18-27(36-29(35-26)24(42)12-9-17-41)37-31(43)34-23-14-15-25(22-11-8-7-10-21(22)23)44-20-13-16-28-38-39-30(33(4,5)6)40(28)19-20/h7-8,10-11,13,16,18-19,23,25,41H,9,12,14-15,17H2,1-6H3,(H2,34,35,36,37,43)/t23-,25+/m0/s1. The van der Waals surface area contributed by atoms with Crippen molar-refractivity contribution in [3.8, 4) is 5.75 Å². The van der Waals surface area contributed by atoms with Crippen molar-refractivity contribution in [1.29, 1.82) is 0 Å². The number of urea groups is 1. The van der Waals surface area contributed by atoms with Gasteiger partial charge in [-0.05, 0) is 42.5 Å². The van der Waals surface area contributed by atoms with E-state index < -0.39 is 6.03 Å². The minimum Gasteiger partial charge on any atom is -0.484 e. The van der Waals surface area contributed by atoms with Gasteiger partial charge in [0.15, 0.2) is 17.3 Å². The fourth-order valence-corrected chi connectivity index (χ4v) is 5.32. The molecular formula is C33H41N7O4. The Labute approximate surface area is 257 Å². The number of aromatic nitrogens is 5. The van der Waals surface area contributed by atoms with Crippen LogP contribution in [0.2, 0.25) is 0 Å². The smallest absolute Gasteiger partial charge is 0.320 e. The summed E-state index contributed by atoms with van der Waals surface area (Å²) in [7, 11) is 0. The largest absolute Gasteiger partial charge is 0.484 e. The lowest BCUT2D eigenvalue weighted by Gasteiger charge is -2.32. The van der Waals surface area contributed by atoms with E-state index in [0.29, 0.717) is 25.0 Å². The Kier molecular flexibility index (Phi) is 8.69. The van der Waals surface area contributed by atoms with Crippen LogP contribution in [-0.4, -0.2) is 48.1 Å². The van der Waals surface area contributed by atoms with E-state index in [1.165, 1.54) is 0 Å². The topological polar surface area (TPSA) is 144 Å². The zero-order valence-corrected chi connectivity index (χ0v) is 26.2. The second-order valence-electron chi connectivity index (χ2n) is 13.3. The molecule has 232 valence electrons. The van der Waals surface area contributed by atoms with E-state index in [9.17, 15) is 9.59 Å². The lowest BCUT2D eigenvalue weighted by molar-refractivity contribution is 0.0960. The van der Waals surface area contributed by atoms with Crippen LogP contribution in [0.4, 0.5) is 10.6 Å². The number of Topliss-reactive ketones (excluding diaryl/α,β-unsaturated/α-hetero) is 1. The summed E-state index contributed by atoms with van der Waals surface area (Å²) in [4.78, 5) is 34.7. The Bertz CT molecular complexity index is 1670. The minimum absolute atomic E-state index is 0.0310. The van der Waals surface area contributed by atoms with E-state index in [4.69, 9.17) is 9.84 Å². The fourth-order valence-electron chi connectivity index (χ4n) is 5.32. The van der Waals surface area contributed by atoms with Crippen molar-refractivity contribution >= 4 is 23.3 Å². The quantitative estimate of drug-likeness (QED) is 0.214. The SMILES string of the molecule is CC(C)(C)c1cc(NC(=O)N[C@H]2CC[C@@H](Oc3ccc4nnc(C(C)(C)C)n4c3)c3ccccc32)nc(C(=O)CCCO)n1. The van der Waals surface area contributed by atoms with Gasteiger partial charge in [-0.2, -0.15) is 0 Å². The van der Waals surface area contributed by atoms with Crippen molar-refractivity contribution < 1.29 is 19.4 Å². The van der Waals surface area contributed by atoms with Crippen molar-refractivity contribution in [1.82, 2.24) is 29.9 Å². The average molecular weight is 600 g/mol. The van der Waals surface area contributed by atoms with Crippen LogP contribution in [0.5, 0.6) is 5.75 Å². The molecule has 44 heavy (non-hydrogen) atoms. The number of nitrogens with zero attached hydrogens (tertiary/aromatic N) is 5. The number of benzene rings is 1. The predicted octanol–water partition coefficient (Wildman–Crippen LogP) is 5.85. The van der Waals surface area contributed by atoms with Crippen molar-refractivity contribution in [2.24, 2.45) is 0 Å². The van der Waals surface area contributed by atoms with E-state index >= 15 is 0 Å². The second kappa shape index (κ2) is 12.3. The van der Waals surface area contributed by atoms with Gasteiger partial charge in [0.1, 0.15) is 23.5 Å². The Morgan fingerprint density at radius 3 is 2.43 bits per heavy atom. The van der Waals surface area contributed by atoms with Crippen molar-refractivity contribution in [3.05, 3.63) is 77.1 Å². The normalized spacial score (nSPS) is 16.8. The molecule has 0 bridgehead atoms. The molecule has 1 aliphatic rings. The maximum Gasteiger partial charge on any atom is 0.320 e. The highest BCUT2D eigenvalue weighted by atomic mass is 16.5. The Morgan fingerprint density at radius 1 is 0.977 bits per heavy atom. The van der Waals surface area contributed by atoms with Crippen LogP contribution in [-0.2, 0) is 10.8 Å². The molecule has 0 aliphatic heterocycles. The molecule has 0 unspecified atom stereocenters. The first-order valence-electron chi connectivity index (χ1n) is 15.1. The molecule has 11 nitrogen and oxygen atoms in total. The number of aliphatic hydroxyl groups excluding tert-OH is 1. The molecule has 4 aromatic rings. The summed E-state index contributed by atoms with van der Waals surface area (Å²) in [5, 5.41) is 23.7. The molecule has 0 saturated heterocycles. The van der Waals surface area contributed by atoms with E-state index in [-0.39, 0.29) is 53.4 Å². The van der Waals surface area contributed by atoms with Crippen LogP contribution < -0.4 is 15.4 Å². The number of hydrogen-bond donors (Lipinski definition) is 3. The maximum atomic E-state index is 13.2. The molecule has 0 saturated carbocycles.